The van der Waals surface area contributed by atoms with E-state index >= 15 is 0 Å². The van der Waals surface area contributed by atoms with Crippen molar-refractivity contribution in [3.05, 3.63) is 11.7 Å². The highest BCUT2D eigenvalue weighted by atomic mass is 32.2. The van der Waals surface area contributed by atoms with Crippen LogP contribution >= 0.6 is 0 Å². The number of aromatic nitrogens is 2. The van der Waals surface area contributed by atoms with Crippen molar-refractivity contribution < 1.29 is 12.9 Å². The van der Waals surface area contributed by atoms with Crippen molar-refractivity contribution in [3.8, 4) is 0 Å². The molecule has 0 spiro atoms. The molecule has 0 fully saturated rings. The second kappa shape index (κ2) is 6.67. The Morgan fingerprint density at radius 2 is 2.18 bits per heavy atom. The van der Waals surface area contributed by atoms with Crippen molar-refractivity contribution in [2.75, 3.05) is 18.8 Å². The van der Waals surface area contributed by atoms with E-state index in [0.717, 1.165) is 0 Å². The summed E-state index contributed by atoms with van der Waals surface area (Å²) in [5, 5.41) is 3.67. The summed E-state index contributed by atoms with van der Waals surface area (Å²) in [4.78, 5) is 3.98. The minimum Gasteiger partial charge on any atom is -0.340 e. The third-order valence-electron chi connectivity index (χ3n) is 2.11. The van der Waals surface area contributed by atoms with E-state index in [9.17, 15) is 8.42 Å². The Morgan fingerprint density at radius 1 is 1.41 bits per heavy atom. The predicted molar refractivity (Wildman–Crippen MR) is 62.8 cm³/mol. The molecule has 98 valence electrons. The van der Waals surface area contributed by atoms with E-state index in [4.69, 9.17) is 10.3 Å². The van der Waals surface area contributed by atoms with Crippen LogP contribution in [0.2, 0.25) is 0 Å². The first-order valence-electron chi connectivity index (χ1n) is 5.50. The van der Waals surface area contributed by atoms with E-state index in [1.54, 1.807) is 6.92 Å². The zero-order valence-electron chi connectivity index (χ0n) is 9.85. The minimum absolute atomic E-state index is 0.107. The van der Waals surface area contributed by atoms with Crippen LogP contribution in [0.15, 0.2) is 4.52 Å². The van der Waals surface area contributed by atoms with Gasteiger partial charge >= 0.3 is 0 Å². The van der Waals surface area contributed by atoms with Crippen LogP contribution in [0, 0.1) is 6.92 Å². The van der Waals surface area contributed by atoms with Gasteiger partial charge < -0.3 is 10.3 Å². The molecular weight excluding hydrogens is 244 g/mol. The van der Waals surface area contributed by atoms with Gasteiger partial charge in [0.15, 0.2) is 5.82 Å². The van der Waals surface area contributed by atoms with Crippen LogP contribution in [-0.2, 0) is 16.4 Å². The molecule has 3 N–H and O–H groups in total. The first-order valence-corrected chi connectivity index (χ1v) is 7.15. The van der Waals surface area contributed by atoms with E-state index in [1.807, 2.05) is 0 Å². The Morgan fingerprint density at radius 3 is 2.76 bits per heavy atom. The van der Waals surface area contributed by atoms with E-state index < -0.39 is 10.0 Å². The summed E-state index contributed by atoms with van der Waals surface area (Å²) in [5.74, 6) is 1.09. The van der Waals surface area contributed by atoms with Crippen LogP contribution in [0.3, 0.4) is 0 Å². The van der Waals surface area contributed by atoms with Crippen molar-refractivity contribution >= 4 is 10.0 Å². The Kier molecular flexibility index (Phi) is 5.52. The highest BCUT2D eigenvalue weighted by Gasteiger charge is 2.10. The van der Waals surface area contributed by atoms with Gasteiger partial charge in [0, 0.05) is 19.9 Å². The average molecular weight is 262 g/mol. The maximum atomic E-state index is 11.5. The Labute approximate surface area is 101 Å². The molecule has 0 aliphatic rings. The standard InChI is InChI=1S/C9H18N4O3S/c1-8-12-9(13-16-8)4-6-11-17(14,15)7-3-2-5-10/h11H,2-7,10H2,1H3. The van der Waals surface area contributed by atoms with Crippen molar-refractivity contribution in [1.82, 2.24) is 14.9 Å². The molecule has 1 rings (SSSR count). The average Bonchev–Trinajstić information content (AvgIpc) is 2.64. The molecule has 0 bridgehead atoms. The predicted octanol–water partition coefficient (Wildman–Crippen LogP) is -0.421. The normalized spacial score (nSPS) is 11.9. The summed E-state index contributed by atoms with van der Waals surface area (Å²) in [5.41, 5.74) is 5.29. The first kappa shape index (κ1) is 14.1. The molecular formula is C9H18N4O3S. The second-order valence-corrected chi connectivity index (χ2v) is 5.62. The molecule has 8 heteroatoms. The first-order chi connectivity index (χ1) is 8.03. The van der Waals surface area contributed by atoms with Crippen LogP contribution in [0.1, 0.15) is 24.6 Å². The Hall–Kier alpha value is -0.990. The maximum absolute atomic E-state index is 11.5. The lowest BCUT2D eigenvalue weighted by Crippen LogP contribution is -2.28. The smallest absolute Gasteiger partial charge is 0.223 e. The quantitative estimate of drug-likeness (QED) is 0.615. The third kappa shape index (κ3) is 5.76. The Bertz CT molecular complexity index is 429. The van der Waals surface area contributed by atoms with Gasteiger partial charge in [0.2, 0.25) is 15.9 Å². The molecule has 0 unspecified atom stereocenters. The zero-order valence-corrected chi connectivity index (χ0v) is 10.7. The van der Waals surface area contributed by atoms with E-state index in [2.05, 4.69) is 14.9 Å². The molecule has 0 aliphatic heterocycles. The molecule has 17 heavy (non-hydrogen) atoms. The molecule has 1 heterocycles. The SMILES string of the molecule is Cc1nc(CCNS(=O)(=O)CCCCN)no1. The molecule has 0 atom stereocenters. The number of sulfonamides is 1. The van der Waals surface area contributed by atoms with Gasteiger partial charge in [0.05, 0.1) is 5.75 Å². The fourth-order valence-electron chi connectivity index (χ4n) is 1.27. The lowest BCUT2D eigenvalue weighted by atomic mass is 10.3. The molecule has 0 amide bonds. The van der Waals surface area contributed by atoms with Crippen LogP contribution < -0.4 is 10.5 Å². The highest BCUT2D eigenvalue weighted by Crippen LogP contribution is 1.97. The Balaban J connectivity index is 2.25. The van der Waals surface area contributed by atoms with Gasteiger partial charge in [-0.25, -0.2) is 13.1 Å². The summed E-state index contributed by atoms with van der Waals surface area (Å²) in [6, 6.07) is 0. The highest BCUT2D eigenvalue weighted by molar-refractivity contribution is 7.89. The van der Waals surface area contributed by atoms with Gasteiger partial charge in [-0.3, -0.25) is 0 Å². The van der Waals surface area contributed by atoms with Gasteiger partial charge in [-0.05, 0) is 19.4 Å². The van der Waals surface area contributed by atoms with Crippen LogP contribution in [0.25, 0.3) is 0 Å². The van der Waals surface area contributed by atoms with Crippen molar-refractivity contribution in [1.29, 1.82) is 0 Å². The van der Waals surface area contributed by atoms with Crippen LogP contribution in [0.4, 0.5) is 0 Å². The number of hydrogen-bond acceptors (Lipinski definition) is 6. The lowest BCUT2D eigenvalue weighted by molar-refractivity contribution is 0.387. The number of rotatable bonds is 8. The summed E-state index contributed by atoms with van der Waals surface area (Å²) in [6.07, 6.45) is 1.71. The van der Waals surface area contributed by atoms with Gasteiger partial charge in [-0.1, -0.05) is 5.16 Å². The molecule has 0 aromatic carbocycles. The van der Waals surface area contributed by atoms with Gasteiger partial charge in [-0.15, -0.1) is 0 Å². The molecule has 0 saturated carbocycles. The van der Waals surface area contributed by atoms with E-state index in [0.29, 0.717) is 37.5 Å². The largest absolute Gasteiger partial charge is 0.340 e. The van der Waals surface area contributed by atoms with E-state index in [1.165, 1.54) is 0 Å². The number of hydrogen-bond donors (Lipinski definition) is 2. The summed E-state index contributed by atoms with van der Waals surface area (Å²) < 4.78 is 30.2. The van der Waals surface area contributed by atoms with Gasteiger partial charge in [0.25, 0.3) is 0 Å². The molecule has 1 aromatic rings. The minimum atomic E-state index is -3.21. The van der Waals surface area contributed by atoms with Gasteiger partial charge in [-0.2, -0.15) is 4.98 Å². The third-order valence-corrected chi connectivity index (χ3v) is 3.58. The number of aryl methyl sites for hydroxylation is 1. The second-order valence-electron chi connectivity index (χ2n) is 3.69. The topological polar surface area (TPSA) is 111 Å². The van der Waals surface area contributed by atoms with Crippen molar-refractivity contribution in [2.45, 2.75) is 26.2 Å². The fraction of sp³-hybridized carbons (Fsp3) is 0.778. The molecule has 0 aliphatic carbocycles. The number of unbranched alkanes of at least 4 members (excludes halogenated alkanes) is 1. The molecule has 1 aromatic heterocycles. The maximum Gasteiger partial charge on any atom is 0.223 e. The zero-order chi connectivity index (χ0) is 12.7. The van der Waals surface area contributed by atoms with Crippen molar-refractivity contribution in [3.63, 3.8) is 0 Å². The fourth-order valence-corrected chi connectivity index (χ4v) is 2.41. The van der Waals surface area contributed by atoms with Gasteiger partial charge in [0.1, 0.15) is 0 Å². The van der Waals surface area contributed by atoms with E-state index in [-0.39, 0.29) is 12.3 Å². The van der Waals surface area contributed by atoms with Crippen LogP contribution in [-0.4, -0.2) is 37.4 Å². The summed E-state index contributed by atoms with van der Waals surface area (Å²) >= 11 is 0. The summed E-state index contributed by atoms with van der Waals surface area (Å²) in [7, 11) is -3.21. The van der Waals surface area contributed by atoms with Crippen LogP contribution in [0.5, 0.6) is 0 Å². The molecule has 0 saturated heterocycles. The number of nitrogens with two attached hydrogens (primary N) is 1. The monoisotopic (exact) mass is 262 g/mol. The molecule has 7 nitrogen and oxygen atoms in total. The number of nitrogens with one attached hydrogen (secondary N) is 1. The molecule has 0 radical (unpaired) electrons. The lowest BCUT2D eigenvalue weighted by Gasteiger charge is -2.04. The number of nitrogens with zero attached hydrogens (tertiary/aromatic N) is 2. The van der Waals surface area contributed by atoms with Crippen molar-refractivity contribution in [2.24, 2.45) is 5.73 Å². The summed E-state index contributed by atoms with van der Waals surface area (Å²) in [6.45, 7) is 2.48.